The fraction of sp³-hybridized carbons (Fsp3) is 0.846. The Bertz CT molecular complexity index is 313. The van der Waals surface area contributed by atoms with Gasteiger partial charge in [-0.2, -0.15) is 0 Å². The second-order valence-corrected chi connectivity index (χ2v) is 5.09. The zero-order valence-corrected chi connectivity index (χ0v) is 13.0. The van der Waals surface area contributed by atoms with Crippen LogP contribution in [0.3, 0.4) is 0 Å². The molecule has 1 fully saturated rings. The van der Waals surface area contributed by atoms with Gasteiger partial charge in [0.2, 0.25) is 11.8 Å². The largest absolute Gasteiger partial charge is 0.342 e. The van der Waals surface area contributed by atoms with Gasteiger partial charge in [-0.15, -0.1) is 12.4 Å². The monoisotopic (exact) mass is 291 g/mol. The van der Waals surface area contributed by atoms with Crippen LogP contribution in [0, 0.1) is 0 Å². The fourth-order valence-corrected chi connectivity index (χ4v) is 2.55. The highest BCUT2D eigenvalue weighted by Crippen LogP contribution is 2.28. The first-order valence-corrected chi connectivity index (χ1v) is 6.76. The second kappa shape index (κ2) is 7.70. The van der Waals surface area contributed by atoms with Crippen molar-refractivity contribution >= 4 is 24.2 Å². The number of carbonyl (C=O) groups is 2. The molecule has 2 amide bonds. The van der Waals surface area contributed by atoms with Crippen molar-refractivity contribution in [2.24, 2.45) is 5.73 Å². The van der Waals surface area contributed by atoms with Gasteiger partial charge in [-0.05, 0) is 26.7 Å². The summed E-state index contributed by atoms with van der Waals surface area (Å²) < 4.78 is 0. The second-order valence-electron chi connectivity index (χ2n) is 5.09. The molecule has 112 valence electrons. The van der Waals surface area contributed by atoms with E-state index in [1.807, 2.05) is 13.8 Å². The molecule has 0 atom stereocenters. The van der Waals surface area contributed by atoms with Crippen molar-refractivity contribution in [1.29, 1.82) is 0 Å². The molecule has 0 unspecified atom stereocenters. The van der Waals surface area contributed by atoms with Crippen LogP contribution in [-0.4, -0.2) is 53.8 Å². The summed E-state index contributed by atoms with van der Waals surface area (Å²) in [5.41, 5.74) is 5.37. The quantitative estimate of drug-likeness (QED) is 0.822. The lowest BCUT2D eigenvalue weighted by Gasteiger charge is -2.30. The Balaban J connectivity index is 0.00000324. The van der Waals surface area contributed by atoms with Gasteiger partial charge in [-0.3, -0.25) is 9.59 Å². The number of carbonyl (C=O) groups excluding carboxylic acids is 2. The summed E-state index contributed by atoms with van der Waals surface area (Å²) in [6.45, 7) is 5.34. The molecule has 0 saturated heterocycles. The molecule has 19 heavy (non-hydrogen) atoms. The summed E-state index contributed by atoms with van der Waals surface area (Å²) in [5.74, 6) is -0.113. The van der Waals surface area contributed by atoms with Crippen LogP contribution >= 0.6 is 12.4 Å². The Morgan fingerprint density at radius 2 is 1.63 bits per heavy atom. The number of halogens is 1. The molecule has 0 radical (unpaired) electrons. The van der Waals surface area contributed by atoms with Gasteiger partial charge < -0.3 is 15.5 Å². The normalized spacial score (nSPS) is 16.6. The number of hydrogen-bond acceptors (Lipinski definition) is 3. The molecule has 1 aliphatic rings. The van der Waals surface area contributed by atoms with Gasteiger partial charge in [-0.25, -0.2) is 0 Å². The van der Waals surface area contributed by atoms with E-state index in [0.717, 1.165) is 25.7 Å². The third-order valence-electron chi connectivity index (χ3n) is 3.76. The lowest BCUT2D eigenvalue weighted by Crippen LogP contribution is -2.54. The topological polar surface area (TPSA) is 66.6 Å². The predicted octanol–water partition coefficient (Wildman–Crippen LogP) is 1.01. The highest BCUT2D eigenvalue weighted by molar-refractivity contribution is 5.90. The Morgan fingerprint density at radius 1 is 1.16 bits per heavy atom. The third kappa shape index (κ3) is 4.35. The van der Waals surface area contributed by atoms with Crippen molar-refractivity contribution in [3.63, 3.8) is 0 Å². The maximum atomic E-state index is 12.2. The number of likely N-dealkylation sites (N-methyl/N-ethyl adjacent to an activating group) is 2. The molecule has 1 rings (SSSR count). The van der Waals surface area contributed by atoms with Crippen LogP contribution in [0.15, 0.2) is 0 Å². The Hall–Kier alpha value is -0.810. The van der Waals surface area contributed by atoms with Crippen LogP contribution in [0.5, 0.6) is 0 Å². The highest BCUT2D eigenvalue weighted by atomic mass is 35.5. The van der Waals surface area contributed by atoms with Gasteiger partial charge in [0.05, 0.1) is 12.1 Å². The van der Waals surface area contributed by atoms with Crippen LogP contribution in [-0.2, 0) is 9.59 Å². The minimum atomic E-state index is -0.738. The van der Waals surface area contributed by atoms with Crippen LogP contribution in [0.25, 0.3) is 0 Å². The number of amides is 2. The molecule has 0 aromatic rings. The van der Waals surface area contributed by atoms with E-state index in [-0.39, 0.29) is 30.8 Å². The number of hydrogen-bond donors (Lipinski definition) is 1. The standard InChI is InChI=1S/C13H25N3O2.ClH/c1-4-16(5-2)11(17)10-15(3)12(18)13(14)8-6-7-9-13;/h4-10,14H2,1-3H3;1H. The zero-order chi connectivity index (χ0) is 13.8. The fourth-order valence-electron chi connectivity index (χ4n) is 2.55. The van der Waals surface area contributed by atoms with Crippen LogP contribution in [0.4, 0.5) is 0 Å². The molecular formula is C13H26ClN3O2. The summed E-state index contributed by atoms with van der Waals surface area (Å²) in [5, 5.41) is 0. The van der Waals surface area contributed by atoms with Crippen LogP contribution in [0.2, 0.25) is 0 Å². The maximum Gasteiger partial charge on any atom is 0.242 e. The smallest absolute Gasteiger partial charge is 0.242 e. The number of nitrogens with two attached hydrogens (primary N) is 1. The minimum Gasteiger partial charge on any atom is -0.342 e. The van der Waals surface area contributed by atoms with Crippen molar-refractivity contribution in [1.82, 2.24) is 9.80 Å². The third-order valence-corrected chi connectivity index (χ3v) is 3.76. The van der Waals surface area contributed by atoms with Gasteiger partial charge in [0.25, 0.3) is 0 Å². The summed E-state index contributed by atoms with van der Waals surface area (Å²) in [7, 11) is 1.66. The first-order valence-electron chi connectivity index (χ1n) is 6.76. The van der Waals surface area contributed by atoms with Crippen LogP contribution < -0.4 is 5.73 Å². The Morgan fingerprint density at radius 3 is 2.05 bits per heavy atom. The molecule has 0 aromatic heterocycles. The average Bonchev–Trinajstić information content (AvgIpc) is 2.78. The van der Waals surface area contributed by atoms with E-state index in [2.05, 4.69) is 0 Å². The highest BCUT2D eigenvalue weighted by Gasteiger charge is 2.39. The molecular weight excluding hydrogens is 266 g/mol. The number of nitrogens with zero attached hydrogens (tertiary/aromatic N) is 2. The summed E-state index contributed by atoms with van der Waals surface area (Å²) in [6.07, 6.45) is 3.46. The van der Waals surface area contributed by atoms with Gasteiger partial charge in [0.15, 0.2) is 0 Å². The van der Waals surface area contributed by atoms with Gasteiger partial charge in [0.1, 0.15) is 0 Å². The molecule has 1 saturated carbocycles. The molecule has 0 heterocycles. The summed E-state index contributed by atoms with van der Waals surface area (Å²) in [6, 6.07) is 0. The zero-order valence-electron chi connectivity index (χ0n) is 12.1. The summed E-state index contributed by atoms with van der Waals surface area (Å²) >= 11 is 0. The van der Waals surface area contributed by atoms with E-state index in [1.165, 1.54) is 4.90 Å². The van der Waals surface area contributed by atoms with Crippen molar-refractivity contribution in [3.8, 4) is 0 Å². The molecule has 0 aromatic carbocycles. The lowest BCUT2D eigenvalue weighted by molar-refractivity contribution is -0.142. The minimum absolute atomic E-state index is 0. The number of rotatable bonds is 5. The molecule has 0 bridgehead atoms. The van der Waals surface area contributed by atoms with E-state index in [4.69, 9.17) is 5.73 Å². The van der Waals surface area contributed by atoms with Gasteiger partial charge in [-0.1, -0.05) is 12.8 Å². The molecule has 5 nitrogen and oxygen atoms in total. The first kappa shape index (κ1) is 18.2. The van der Waals surface area contributed by atoms with Gasteiger partial charge >= 0.3 is 0 Å². The van der Waals surface area contributed by atoms with Crippen molar-refractivity contribution in [2.45, 2.75) is 45.1 Å². The molecule has 0 spiro atoms. The van der Waals surface area contributed by atoms with E-state index >= 15 is 0 Å². The molecule has 1 aliphatic carbocycles. The molecule has 0 aliphatic heterocycles. The van der Waals surface area contributed by atoms with E-state index < -0.39 is 5.54 Å². The van der Waals surface area contributed by atoms with Crippen molar-refractivity contribution in [2.75, 3.05) is 26.7 Å². The lowest BCUT2D eigenvalue weighted by atomic mass is 9.97. The van der Waals surface area contributed by atoms with E-state index in [1.54, 1.807) is 11.9 Å². The maximum absolute atomic E-state index is 12.2. The Labute approximate surface area is 121 Å². The van der Waals surface area contributed by atoms with E-state index in [9.17, 15) is 9.59 Å². The van der Waals surface area contributed by atoms with Crippen molar-refractivity contribution < 1.29 is 9.59 Å². The average molecular weight is 292 g/mol. The predicted molar refractivity (Wildman–Crippen MR) is 78.2 cm³/mol. The van der Waals surface area contributed by atoms with Gasteiger partial charge in [0, 0.05) is 20.1 Å². The van der Waals surface area contributed by atoms with Crippen LogP contribution in [0.1, 0.15) is 39.5 Å². The SMILES string of the molecule is CCN(CC)C(=O)CN(C)C(=O)C1(N)CCCC1.Cl. The summed E-state index contributed by atoms with van der Waals surface area (Å²) in [4.78, 5) is 27.4. The molecule has 6 heteroatoms. The Kier molecular flexibility index (Phi) is 7.37. The van der Waals surface area contributed by atoms with E-state index in [0.29, 0.717) is 13.1 Å². The molecule has 2 N–H and O–H groups in total. The first-order chi connectivity index (χ1) is 8.44. The van der Waals surface area contributed by atoms with Crippen molar-refractivity contribution in [3.05, 3.63) is 0 Å².